The molecule has 2 aromatic carbocycles. The number of benzene rings is 2. The van der Waals surface area contributed by atoms with Crippen molar-refractivity contribution < 1.29 is 27.1 Å². The number of anilines is 1. The van der Waals surface area contributed by atoms with Crippen LogP contribution < -0.4 is 15.8 Å². The Balaban J connectivity index is 1.99. The zero-order chi connectivity index (χ0) is 20.2. The second-order valence-electron chi connectivity index (χ2n) is 5.98. The van der Waals surface area contributed by atoms with E-state index < -0.39 is 24.1 Å². The summed E-state index contributed by atoms with van der Waals surface area (Å²) < 4.78 is 53.9. The van der Waals surface area contributed by atoms with E-state index in [0.717, 1.165) is 12.1 Å². The Bertz CT molecular complexity index is 814. The normalized spacial score (nSPS) is 13.7. The summed E-state index contributed by atoms with van der Waals surface area (Å²) in [6.45, 7) is 1.62. The summed E-state index contributed by atoms with van der Waals surface area (Å²) in [7, 11) is 0. The molecule has 0 unspecified atom stereocenters. The van der Waals surface area contributed by atoms with Gasteiger partial charge >= 0.3 is 6.36 Å². The van der Waals surface area contributed by atoms with Crippen LogP contribution in [-0.2, 0) is 4.79 Å². The second kappa shape index (κ2) is 8.58. The van der Waals surface area contributed by atoms with Crippen LogP contribution in [-0.4, -0.2) is 12.3 Å². The van der Waals surface area contributed by atoms with E-state index in [1.54, 1.807) is 13.0 Å². The van der Waals surface area contributed by atoms with Gasteiger partial charge in [-0.15, -0.1) is 13.2 Å². The monoisotopic (exact) mass is 404 g/mol. The van der Waals surface area contributed by atoms with Crippen molar-refractivity contribution in [2.24, 2.45) is 11.7 Å². The number of carbonyl (C=O) groups is 1. The van der Waals surface area contributed by atoms with Crippen molar-refractivity contribution in [2.45, 2.75) is 25.7 Å². The van der Waals surface area contributed by atoms with Crippen LogP contribution >= 0.6 is 11.6 Å². The zero-order valence-corrected chi connectivity index (χ0v) is 14.9. The van der Waals surface area contributed by atoms with Gasteiger partial charge in [-0.05, 0) is 42.3 Å². The van der Waals surface area contributed by atoms with Crippen molar-refractivity contribution in [1.29, 1.82) is 0 Å². The largest absolute Gasteiger partial charge is 0.573 e. The molecule has 0 radical (unpaired) electrons. The topological polar surface area (TPSA) is 64.3 Å². The second-order valence-corrected chi connectivity index (χ2v) is 6.39. The predicted octanol–water partition coefficient (Wildman–Crippen LogP) is 5.04. The average molecular weight is 405 g/mol. The molecule has 0 saturated heterocycles. The van der Waals surface area contributed by atoms with E-state index in [1.807, 2.05) is 0 Å². The maximum atomic E-state index is 13.1. The molecule has 1 amide bonds. The number of hydrogen-bond donors (Lipinski definition) is 2. The molecule has 0 saturated carbocycles. The Morgan fingerprint density at radius 1 is 1.26 bits per heavy atom. The van der Waals surface area contributed by atoms with Gasteiger partial charge < -0.3 is 15.8 Å². The van der Waals surface area contributed by atoms with Gasteiger partial charge in [0, 0.05) is 17.6 Å². The van der Waals surface area contributed by atoms with Crippen LogP contribution in [0.1, 0.15) is 24.9 Å². The van der Waals surface area contributed by atoms with Gasteiger partial charge in [0.05, 0.1) is 5.02 Å². The predicted molar refractivity (Wildman–Crippen MR) is 93.9 cm³/mol. The van der Waals surface area contributed by atoms with Crippen LogP contribution in [0.15, 0.2) is 42.5 Å². The van der Waals surface area contributed by atoms with Gasteiger partial charge in [-0.2, -0.15) is 0 Å². The Morgan fingerprint density at radius 3 is 2.59 bits per heavy atom. The number of nitrogens with two attached hydrogens (primary N) is 1. The molecule has 2 rings (SSSR count). The Hall–Kier alpha value is -2.32. The summed E-state index contributed by atoms with van der Waals surface area (Å²) >= 11 is 5.66. The average Bonchev–Trinajstić information content (AvgIpc) is 2.56. The number of halogens is 5. The minimum atomic E-state index is -4.80. The lowest BCUT2D eigenvalue weighted by molar-refractivity contribution is -0.274. The van der Waals surface area contributed by atoms with E-state index >= 15 is 0 Å². The van der Waals surface area contributed by atoms with E-state index in [1.165, 1.54) is 24.3 Å². The maximum absolute atomic E-state index is 13.1. The smallest absolute Gasteiger partial charge is 0.406 e. The van der Waals surface area contributed by atoms with Gasteiger partial charge in [0.2, 0.25) is 5.91 Å². The van der Waals surface area contributed by atoms with Gasteiger partial charge in [-0.25, -0.2) is 4.39 Å². The number of ether oxygens (including phenoxy) is 1. The highest BCUT2D eigenvalue weighted by Crippen LogP contribution is 2.27. The van der Waals surface area contributed by atoms with Crippen LogP contribution in [0.4, 0.5) is 23.2 Å². The molecule has 0 aliphatic carbocycles. The third-order valence-corrected chi connectivity index (χ3v) is 4.05. The molecule has 0 bridgehead atoms. The summed E-state index contributed by atoms with van der Waals surface area (Å²) in [6, 6.07) is 8.38. The summed E-state index contributed by atoms with van der Waals surface area (Å²) in [5.41, 5.74) is 6.75. The first-order chi connectivity index (χ1) is 12.5. The molecule has 0 spiro atoms. The van der Waals surface area contributed by atoms with Gasteiger partial charge in [0.1, 0.15) is 11.6 Å². The lowest BCUT2D eigenvalue weighted by atomic mass is 9.96. The van der Waals surface area contributed by atoms with Crippen LogP contribution in [0.5, 0.6) is 5.75 Å². The van der Waals surface area contributed by atoms with Crippen LogP contribution in [0.3, 0.4) is 0 Å². The summed E-state index contributed by atoms with van der Waals surface area (Å²) in [5.74, 6) is -1.92. The Morgan fingerprint density at radius 2 is 1.96 bits per heavy atom. The van der Waals surface area contributed by atoms with E-state index in [-0.39, 0.29) is 23.1 Å². The molecule has 4 nitrogen and oxygen atoms in total. The molecule has 27 heavy (non-hydrogen) atoms. The number of hydrogen-bond acceptors (Lipinski definition) is 3. The number of amides is 1. The van der Waals surface area contributed by atoms with Crippen LogP contribution in [0, 0.1) is 11.7 Å². The molecule has 146 valence electrons. The molecular formula is C18H17ClF4N2O2. The highest BCUT2D eigenvalue weighted by atomic mass is 35.5. The molecule has 0 aliphatic rings. The van der Waals surface area contributed by atoms with Gasteiger partial charge in [-0.1, -0.05) is 30.7 Å². The molecule has 0 fully saturated rings. The van der Waals surface area contributed by atoms with Gasteiger partial charge in [0.15, 0.2) is 0 Å². The molecular weight excluding hydrogens is 388 g/mol. The van der Waals surface area contributed by atoms with E-state index in [2.05, 4.69) is 10.1 Å². The van der Waals surface area contributed by atoms with E-state index in [0.29, 0.717) is 11.3 Å². The van der Waals surface area contributed by atoms with Crippen molar-refractivity contribution >= 4 is 23.2 Å². The molecule has 0 heterocycles. The van der Waals surface area contributed by atoms with Crippen molar-refractivity contribution in [3.63, 3.8) is 0 Å². The lowest BCUT2D eigenvalue weighted by Crippen LogP contribution is -2.25. The fourth-order valence-corrected chi connectivity index (χ4v) is 2.59. The van der Waals surface area contributed by atoms with Crippen LogP contribution in [0.25, 0.3) is 0 Å². The quantitative estimate of drug-likeness (QED) is 0.663. The first kappa shape index (κ1) is 21.0. The molecule has 0 aromatic heterocycles. The van der Waals surface area contributed by atoms with Crippen LogP contribution in [0.2, 0.25) is 5.02 Å². The lowest BCUT2D eigenvalue weighted by Gasteiger charge is -2.18. The van der Waals surface area contributed by atoms with Crippen molar-refractivity contribution in [3.05, 3.63) is 58.9 Å². The third kappa shape index (κ3) is 6.41. The number of rotatable bonds is 6. The van der Waals surface area contributed by atoms with Crippen molar-refractivity contribution in [2.75, 3.05) is 5.32 Å². The first-order valence-electron chi connectivity index (χ1n) is 7.92. The summed E-state index contributed by atoms with van der Waals surface area (Å²) in [5, 5.41) is 2.46. The highest BCUT2D eigenvalue weighted by Gasteiger charge is 2.31. The first-order valence-corrected chi connectivity index (χ1v) is 8.30. The van der Waals surface area contributed by atoms with Crippen molar-refractivity contribution in [1.82, 2.24) is 0 Å². The fraction of sp³-hybridized carbons (Fsp3) is 0.278. The number of alkyl halides is 3. The van der Waals surface area contributed by atoms with Crippen molar-refractivity contribution in [3.8, 4) is 5.75 Å². The molecule has 9 heteroatoms. The minimum absolute atomic E-state index is 0.126. The fourth-order valence-electron chi connectivity index (χ4n) is 2.41. The number of carbonyl (C=O) groups excluding carboxylic acids is 1. The molecule has 2 atom stereocenters. The SMILES string of the molecule is C[C@H](C[C@H](N)c1cccc(OC(F)(F)F)c1)C(=O)Nc1ccc(F)c(Cl)c1. The zero-order valence-electron chi connectivity index (χ0n) is 14.2. The summed E-state index contributed by atoms with van der Waals surface area (Å²) in [6.07, 6.45) is -4.62. The Labute approximate surface area is 158 Å². The standard InChI is InChI=1S/C18H17ClF4N2O2/c1-10(17(26)25-12-5-6-15(20)14(19)9-12)7-16(24)11-3-2-4-13(8-11)27-18(21,22)23/h2-6,8-10,16H,7,24H2,1H3,(H,25,26)/t10-,16+/m1/s1. The van der Waals surface area contributed by atoms with Gasteiger partial charge in [-0.3, -0.25) is 4.79 Å². The molecule has 2 aromatic rings. The van der Waals surface area contributed by atoms with E-state index in [9.17, 15) is 22.4 Å². The number of nitrogens with one attached hydrogen (secondary N) is 1. The maximum Gasteiger partial charge on any atom is 0.573 e. The third-order valence-electron chi connectivity index (χ3n) is 3.76. The van der Waals surface area contributed by atoms with E-state index in [4.69, 9.17) is 17.3 Å². The van der Waals surface area contributed by atoms with Gasteiger partial charge in [0.25, 0.3) is 0 Å². The molecule has 0 aliphatic heterocycles. The Kier molecular flexibility index (Phi) is 6.67. The summed E-state index contributed by atoms with van der Waals surface area (Å²) in [4.78, 5) is 12.3. The minimum Gasteiger partial charge on any atom is -0.406 e. The highest BCUT2D eigenvalue weighted by molar-refractivity contribution is 6.31. The molecule has 3 N–H and O–H groups in total.